The van der Waals surface area contributed by atoms with Gasteiger partial charge in [-0.1, -0.05) is 24.6 Å². The number of rotatable bonds is 5. The van der Waals surface area contributed by atoms with Crippen LogP contribution >= 0.6 is 0 Å². The van der Waals surface area contributed by atoms with Crippen LogP contribution in [0.25, 0.3) is 0 Å². The number of benzene rings is 1. The van der Waals surface area contributed by atoms with Crippen LogP contribution in [0.3, 0.4) is 0 Å². The number of nitrogens with zero attached hydrogens (tertiary/aromatic N) is 1. The molecule has 1 aromatic carbocycles. The molecule has 2 unspecified atom stereocenters. The lowest BCUT2D eigenvalue weighted by molar-refractivity contribution is -0.154. The van der Waals surface area contributed by atoms with E-state index in [-0.39, 0.29) is 24.3 Å². The standard InChI is InChI=1S/C19H27NO7S/c1-6-19(16(21)22)15(11-12-20(19)17(23)26-18(3,4)5)27-28(24,25)14-9-7-13(2)8-10-14/h7-10,15H,6,11-12H2,1-5H3,(H,21,22). The van der Waals surface area contributed by atoms with Gasteiger partial charge >= 0.3 is 12.1 Å². The van der Waals surface area contributed by atoms with Crippen LogP contribution in [0, 0.1) is 6.92 Å². The number of carbonyl (C=O) groups is 2. The largest absolute Gasteiger partial charge is 0.479 e. The summed E-state index contributed by atoms with van der Waals surface area (Å²) >= 11 is 0. The van der Waals surface area contributed by atoms with Crippen molar-refractivity contribution in [3.8, 4) is 0 Å². The van der Waals surface area contributed by atoms with Gasteiger partial charge in [-0.25, -0.2) is 9.59 Å². The summed E-state index contributed by atoms with van der Waals surface area (Å²) in [7, 11) is -4.20. The lowest BCUT2D eigenvalue weighted by Gasteiger charge is -2.37. The Labute approximate surface area is 165 Å². The van der Waals surface area contributed by atoms with Gasteiger partial charge in [0.2, 0.25) is 0 Å². The van der Waals surface area contributed by atoms with E-state index >= 15 is 0 Å². The fourth-order valence-electron chi connectivity index (χ4n) is 3.29. The maximum Gasteiger partial charge on any atom is 0.411 e. The van der Waals surface area contributed by atoms with Gasteiger partial charge < -0.3 is 9.84 Å². The molecule has 0 saturated carbocycles. The van der Waals surface area contributed by atoms with E-state index in [1.165, 1.54) is 12.1 Å². The fraction of sp³-hybridized carbons (Fsp3) is 0.579. The molecule has 9 heteroatoms. The van der Waals surface area contributed by atoms with Gasteiger partial charge in [0.15, 0.2) is 5.54 Å². The van der Waals surface area contributed by atoms with E-state index in [1.807, 2.05) is 6.92 Å². The molecule has 0 spiro atoms. The van der Waals surface area contributed by atoms with Crippen LogP contribution in [0.15, 0.2) is 29.2 Å². The van der Waals surface area contributed by atoms with E-state index in [4.69, 9.17) is 8.92 Å². The number of carbonyl (C=O) groups excluding carboxylic acids is 1. The van der Waals surface area contributed by atoms with E-state index in [0.717, 1.165) is 10.5 Å². The van der Waals surface area contributed by atoms with E-state index in [9.17, 15) is 23.1 Å². The SMILES string of the molecule is CCC1(C(=O)O)C(OS(=O)(=O)c2ccc(C)cc2)CCN1C(=O)OC(C)(C)C. The predicted octanol–water partition coefficient (Wildman–Crippen LogP) is 2.94. The van der Waals surface area contributed by atoms with E-state index in [0.29, 0.717) is 0 Å². The van der Waals surface area contributed by atoms with E-state index < -0.39 is 39.4 Å². The summed E-state index contributed by atoms with van der Waals surface area (Å²) < 4.78 is 36.0. The molecule has 1 aliphatic heterocycles. The molecule has 1 heterocycles. The highest BCUT2D eigenvalue weighted by atomic mass is 32.2. The van der Waals surface area contributed by atoms with Crippen molar-refractivity contribution in [1.82, 2.24) is 4.90 Å². The Morgan fingerprint density at radius 1 is 1.25 bits per heavy atom. The van der Waals surface area contributed by atoms with E-state index in [2.05, 4.69) is 0 Å². The molecule has 0 aliphatic carbocycles. The van der Waals surface area contributed by atoms with Crippen molar-refractivity contribution < 1.29 is 32.0 Å². The van der Waals surface area contributed by atoms with Crippen molar-refractivity contribution in [2.75, 3.05) is 6.54 Å². The highest BCUT2D eigenvalue weighted by Gasteiger charge is 2.58. The third kappa shape index (κ3) is 4.30. The Balaban J connectivity index is 2.37. The first-order chi connectivity index (χ1) is 12.8. The molecule has 1 fully saturated rings. The van der Waals surface area contributed by atoms with Crippen molar-refractivity contribution in [3.63, 3.8) is 0 Å². The van der Waals surface area contributed by atoms with Crippen LogP contribution in [0.5, 0.6) is 0 Å². The van der Waals surface area contributed by atoms with E-state index in [1.54, 1.807) is 39.8 Å². The number of ether oxygens (including phenoxy) is 1. The van der Waals surface area contributed by atoms with Crippen LogP contribution < -0.4 is 0 Å². The second-order valence-electron chi connectivity index (χ2n) is 7.86. The highest BCUT2D eigenvalue weighted by molar-refractivity contribution is 7.86. The Bertz CT molecular complexity index is 842. The molecular weight excluding hydrogens is 386 g/mol. The first kappa shape index (κ1) is 22.2. The van der Waals surface area contributed by atoms with Gasteiger partial charge in [0.25, 0.3) is 10.1 Å². The molecule has 0 radical (unpaired) electrons. The minimum Gasteiger partial charge on any atom is -0.479 e. The normalized spacial score (nSPS) is 22.9. The quantitative estimate of drug-likeness (QED) is 0.739. The average molecular weight is 413 g/mol. The molecule has 1 aromatic rings. The maximum atomic E-state index is 12.7. The zero-order valence-electron chi connectivity index (χ0n) is 16.8. The molecule has 1 N–H and O–H groups in total. The minimum atomic E-state index is -4.20. The minimum absolute atomic E-state index is 0.0170. The molecule has 0 bridgehead atoms. The van der Waals surface area contributed by atoms with Gasteiger partial charge in [0.1, 0.15) is 11.7 Å². The second kappa shape index (κ2) is 7.71. The molecule has 28 heavy (non-hydrogen) atoms. The topological polar surface area (TPSA) is 110 Å². The van der Waals surface area contributed by atoms with Crippen molar-refractivity contribution in [3.05, 3.63) is 29.8 Å². The Morgan fingerprint density at radius 3 is 2.29 bits per heavy atom. The highest BCUT2D eigenvalue weighted by Crippen LogP contribution is 2.38. The fourth-order valence-corrected chi connectivity index (χ4v) is 4.44. The zero-order valence-corrected chi connectivity index (χ0v) is 17.6. The predicted molar refractivity (Wildman–Crippen MR) is 101 cm³/mol. The third-order valence-corrected chi connectivity index (χ3v) is 6.04. The zero-order chi connectivity index (χ0) is 21.3. The molecule has 2 rings (SSSR count). The monoisotopic (exact) mass is 413 g/mol. The summed E-state index contributed by atoms with van der Waals surface area (Å²) in [5, 5.41) is 9.93. The van der Waals surface area contributed by atoms with Gasteiger partial charge in [-0.2, -0.15) is 8.42 Å². The lowest BCUT2D eigenvalue weighted by Crippen LogP contribution is -2.59. The molecule has 1 saturated heterocycles. The first-order valence-electron chi connectivity index (χ1n) is 9.07. The molecule has 2 atom stereocenters. The van der Waals surface area contributed by atoms with Crippen LogP contribution in [0.4, 0.5) is 4.79 Å². The summed E-state index contributed by atoms with van der Waals surface area (Å²) in [4.78, 5) is 25.8. The van der Waals surface area contributed by atoms with Crippen molar-refractivity contribution in [2.24, 2.45) is 0 Å². The van der Waals surface area contributed by atoms with Gasteiger partial charge in [-0.15, -0.1) is 0 Å². The number of carboxylic acid groups (broad SMARTS) is 1. The third-order valence-electron chi connectivity index (χ3n) is 4.70. The number of amides is 1. The number of hydrogen-bond acceptors (Lipinski definition) is 6. The number of aliphatic carboxylic acids is 1. The molecule has 156 valence electrons. The average Bonchev–Trinajstić information content (AvgIpc) is 2.92. The van der Waals surface area contributed by atoms with Gasteiger partial charge in [-0.3, -0.25) is 9.08 Å². The Hall–Kier alpha value is -2.13. The number of hydrogen-bond donors (Lipinski definition) is 1. The number of carboxylic acids is 1. The van der Waals surface area contributed by atoms with Crippen molar-refractivity contribution in [1.29, 1.82) is 0 Å². The smallest absolute Gasteiger partial charge is 0.411 e. The van der Waals surface area contributed by atoms with Crippen LogP contribution in [0.2, 0.25) is 0 Å². The summed E-state index contributed by atoms with van der Waals surface area (Å²) in [6, 6.07) is 6.06. The lowest BCUT2D eigenvalue weighted by atomic mass is 9.90. The first-order valence-corrected chi connectivity index (χ1v) is 10.5. The molecule has 1 amide bonds. The molecular formula is C19H27NO7S. The second-order valence-corrected chi connectivity index (χ2v) is 9.43. The van der Waals surface area contributed by atoms with Gasteiger partial charge in [0.05, 0.1) is 4.90 Å². The summed E-state index contributed by atoms with van der Waals surface area (Å²) in [6.07, 6.45) is -2.01. The summed E-state index contributed by atoms with van der Waals surface area (Å²) in [6.45, 7) is 8.43. The molecule has 8 nitrogen and oxygen atoms in total. The number of aryl methyl sites for hydroxylation is 1. The van der Waals surface area contributed by atoms with Gasteiger partial charge in [0, 0.05) is 6.54 Å². The van der Waals surface area contributed by atoms with Crippen LogP contribution in [-0.2, 0) is 23.8 Å². The van der Waals surface area contributed by atoms with Crippen molar-refractivity contribution in [2.45, 2.75) is 69.6 Å². The Morgan fingerprint density at radius 2 is 1.82 bits per heavy atom. The van der Waals surface area contributed by atoms with Crippen LogP contribution in [0.1, 0.15) is 46.1 Å². The van der Waals surface area contributed by atoms with Crippen molar-refractivity contribution >= 4 is 22.2 Å². The summed E-state index contributed by atoms with van der Waals surface area (Å²) in [5.41, 5.74) is -1.77. The Kier molecular flexibility index (Phi) is 6.10. The van der Waals surface area contributed by atoms with Gasteiger partial charge in [-0.05, 0) is 52.7 Å². The maximum absolute atomic E-state index is 12.7. The summed E-state index contributed by atoms with van der Waals surface area (Å²) in [5.74, 6) is -1.33. The van der Waals surface area contributed by atoms with Crippen LogP contribution in [-0.4, -0.2) is 54.3 Å². The number of likely N-dealkylation sites (tertiary alicyclic amines) is 1. The molecule has 1 aliphatic rings. The molecule has 0 aromatic heterocycles.